The molecule has 0 spiro atoms. The second-order valence-electron chi connectivity index (χ2n) is 10.1. The quantitative estimate of drug-likeness (QED) is 0.304. The van der Waals surface area contributed by atoms with Crippen molar-refractivity contribution < 1.29 is 14.3 Å². The van der Waals surface area contributed by atoms with Gasteiger partial charge in [0.15, 0.2) is 0 Å². The fourth-order valence-electron chi connectivity index (χ4n) is 4.86. The highest BCUT2D eigenvalue weighted by Crippen LogP contribution is 2.29. The van der Waals surface area contributed by atoms with E-state index in [4.69, 9.17) is 4.74 Å². The van der Waals surface area contributed by atoms with Crippen LogP contribution in [0.2, 0.25) is 0 Å². The van der Waals surface area contributed by atoms with Crippen molar-refractivity contribution in [2.75, 3.05) is 45.2 Å². The molecule has 1 saturated heterocycles. The van der Waals surface area contributed by atoms with E-state index in [0.717, 1.165) is 59.7 Å². The van der Waals surface area contributed by atoms with E-state index in [9.17, 15) is 9.59 Å². The Morgan fingerprint density at radius 3 is 2.34 bits per heavy atom. The molecule has 2 N–H and O–H groups in total. The summed E-state index contributed by atoms with van der Waals surface area (Å²) in [6.45, 7) is 4.13. The highest BCUT2D eigenvalue weighted by molar-refractivity contribution is 6.01. The Morgan fingerprint density at radius 1 is 0.854 bits per heavy atom. The normalized spacial score (nSPS) is 13.4. The third-order valence-electron chi connectivity index (χ3n) is 7.18. The number of amides is 3. The van der Waals surface area contributed by atoms with Crippen LogP contribution in [-0.2, 0) is 13.0 Å². The number of carbonyl (C=O) groups excluding carboxylic acids is 2. The molecule has 0 saturated carbocycles. The Morgan fingerprint density at radius 2 is 1.59 bits per heavy atom. The smallest absolute Gasteiger partial charge is 0.319 e. The van der Waals surface area contributed by atoms with E-state index in [2.05, 4.69) is 39.7 Å². The molecule has 210 valence electrons. The minimum atomic E-state index is -0.287. The Balaban J connectivity index is 1.17. The number of nitrogens with one attached hydrogen (secondary N) is 2. The number of aromatic nitrogens is 1. The summed E-state index contributed by atoms with van der Waals surface area (Å²) < 4.78 is 6.03. The van der Waals surface area contributed by atoms with Gasteiger partial charge in [0.25, 0.3) is 5.91 Å². The molecule has 3 aromatic carbocycles. The van der Waals surface area contributed by atoms with Gasteiger partial charge in [-0.2, -0.15) is 0 Å². The zero-order valence-corrected chi connectivity index (χ0v) is 23.3. The molecule has 0 aliphatic carbocycles. The van der Waals surface area contributed by atoms with Crippen LogP contribution in [0.3, 0.4) is 0 Å². The summed E-state index contributed by atoms with van der Waals surface area (Å²) in [4.78, 5) is 33.9. The summed E-state index contributed by atoms with van der Waals surface area (Å²) in [6, 6.07) is 26.8. The SMILES string of the molecule is CN1CCN(C(=O)c2ccccc2-c2ccccc2CCOc2ccc(NC(=O)NCc3cccnc3)cc2)CC1. The van der Waals surface area contributed by atoms with Crippen molar-refractivity contribution in [2.45, 2.75) is 13.0 Å². The maximum Gasteiger partial charge on any atom is 0.319 e. The predicted octanol–water partition coefficient (Wildman–Crippen LogP) is 5.08. The molecule has 8 nitrogen and oxygen atoms in total. The first kappa shape index (κ1) is 27.9. The van der Waals surface area contributed by atoms with Crippen LogP contribution in [0.1, 0.15) is 21.5 Å². The fourth-order valence-corrected chi connectivity index (χ4v) is 4.86. The van der Waals surface area contributed by atoms with Crippen LogP contribution in [0.5, 0.6) is 5.75 Å². The van der Waals surface area contributed by atoms with Gasteiger partial charge in [-0.25, -0.2) is 4.79 Å². The predicted molar refractivity (Wildman–Crippen MR) is 161 cm³/mol. The van der Waals surface area contributed by atoms with E-state index < -0.39 is 0 Å². The van der Waals surface area contributed by atoms with Crippen molar-refractivity contribution >= 4 is 17.6 Å². The van der Waals surface area contributed by atoms with Crippen molar-refractivity contribution in [3.63, 3.8) is 0 Å². The number of nitrogens with zero attached hydrogens (tertiary/aromatic N) is 3. The number of piperazine rings is 1. The fraction of sp³-hybridized carbons (Fsp3) is 0.242. The molecule has 8 heteroatoms. The highest BCUT2D eigenvalue weighted by Gasteiger charge is 2.23. The molecule has 41 heavy (non-hydrogen) atoms. The maximum absolute atomic E-state index is 13.5. The lowest BCUT2D eigenvalue weighted by Crippen LogP contribution is -2.47. The summed E-state index contributed by atoms with van der Waals surface area (Å²) >= 11 is 0. The average molecular weight is 550 g/mol. The first-order valence-corrected chi connectivity index (χ1v) is 13.9. The van der Waals surface area contributed by atoms with Gasteiger partial charge in [-0.15, -0.1) is 0 Å². The van der Waals surface area contributed by atoms with Crippen molar-refractivity contribution in [3.05, 3.63) is 114 Å². The monoisotopic (exact) mass is 549 g/mol. The van der Waals surface area contributed by atoms with Gasteiger partial charge in [0.05, 0.1) is 6.61 Å². The molecule has 2 heterocycles. The first-order chi connectivity index (χ1) is 20.1. The Bertz CT molecular complexity index is 1450. The number of hydrogen-bond acceptors (Lipinski definition) is 5. The lowest BCUT2D eigenvalue weighted by molar-refractivity contribution is 0.0665. The molecule has 3 amide bonds. The number of rotatable bonds is 9. The molecule has 1 fully saturated rings. The van der Waals surface area contributed by atoms with Gasteiger partial charge in [-0.3, -0.25) is 9.78 Å². The van der Waals surface area contributed by atoms with Crippen molar-refractivity contribution in [2.24, 2.45) is 0 Å². The first-order valence-electron chi connectivity index (χ1n) is 13.9. The van der Waals surface area contributed by atoms with Crippen LogP contribution in [0.4, 0.5) is 10.5 Å². The largest absolute Gasteiger partial charge is 0.493 e. The summed E-state index contributed by atoms with van der Waals surface area (Å²) in [5.74, 6) is 0.800. The summed E-state index contributed by atoms with van der Waals surface area (Å²) in [5, 5.41) is 5.65. The zero-order valence-electron chi connectivity index (χ0n) is 23.3. The van der Waals surface area contributed by atoms with Crippen LogP contribution in [0.15, 0.2) is 97.3 Å². The summed E-state index contributed by atoms with van der Waals surface area (Å²) in [7, 11) is 2.09. The van der Waals surface area contributed by atoms with Gasteiger partial charge in [0.1, 0.15) is 5.75 Å². The maximum atomic E-state index is 13.5. The molecule has 4 aromatic rings. The molecule has 0 radical (unpaired) electrons. The van der Waals surface area contributed by atoms with Crippen LogP contribution < -0.4 is 15.4 Å². The second kappa shape index (κ2) is 13.6. The zero-order chi connectivity index (χ0) is 28.4. The van der Waals surface area contributed by atoms with Crippen LogP contribution in [0, 0.1) is 0 Å². The minimum absolute atomic E-state index is 0.0826. The third-order valence-corrected chi connectivity index (χ3v) is 7.18. The van der Waals surface area contributed by atoms with Gasteiger partial charge >= 0.3 is 6.03 Å². The molecule has 0 atom stereocenters. The van der Waals surface area contributed by atoms with E-state index in [1.165, 1.54) is 0 Å². The number of pyridine rings is 1. The highest BCUT2D eigenvalue weighted by atomic mass is 16.5. The van der Waals surface area contributed by atoms with Crippen molar-refractivity contribution in [1.82, 2.24) is 20.1 Å². The number of anilines is 1. The van der Waals surface area contributed by atoms with Gasteiger partial charge < -0.3 is 25.2 Å². The summed E-state index contributed by atoms with van der Waals surface area (Å²) in [5.41, 5.74) is 5.45. The Kier molecular flexibility index (Phi) is 9.23. The van der Waals surface area contributed by atoms with Gasteiger partial charge in [-0.05, 0) is 65.7 Å². The molecule has 1 aliphatic heterocycles. The average Bonchev–Trinajstić information content (AvgIpc) is 3.02. The molecular formula is C33H35N5O3. The molecule has 1 aliphatic rings. The molecule has 5 rings (SSSR count). The lowest BCUT2D eigenvalue weighted by Gasteiger charge is -2.33. The van der Waals surface area contributed by atoms with Crippen LogP contribution >= 0.6 is 0 Å². The van der Waals surface area contributed by atoms with Gasteiger partial charge in [0.2, 0.25) is 0 Å². The van der Waals surface area contributed by atoms with E-state index in [0.29, 0.717) is 25.3 Å². The van der Waals surface area contributed by atoms with Crippen LogP contribution in [-0.4, -0.2) is 66.6 Å². The minimum Gasteiger partial charge on any atom is -0.493 e. The lowest BCUT2D eigenvalue weighted by atomic mass is 9.93. The second-order valence-corrected chi connectivity index (χ2v) is 10.1. The Labute approximate surface area is 241 Å². The number of urea groups is 1. The molecule has 0 bridgehead atoms. The molecule has 0 unspecified atom stereocenters. The Hall–Kier alpha value is -4.69. The van der Waals surface area contributed by atoms with E-state index in [-0.39, 0.29) is 11.9 Å². The number of carbonyl (C=O) groups is 2. The van der Waals surface area contributed by atoms with E-state index in [1.807, 2.05) is 77.7 Å². The number of benzene rings is 3. The number of hydrogen-bond donors (Lipinski definition) is 2. The standard InChI is InChI=1S/C33H35N5O3/c1-37-18-20-38(21-19-37)32(39)31-11-5-4-10-30(31)29-9-3-2-8-26(29)16-22-41-28-14-12-27(13-15-28)36-33(40)35-24-25-7-6-17-34-23-25/h2-15,17,23H,16,18-22,24H2,1H3,(H2,35,36,40). The number of likely N-dealkylation sites (N-methyl/N-ethyl adjacent to an activating group) is 1. The van der Waals surface area contributed by atoms with Crippen LogP contribution in [0.25, 0.3) is 11.1 Å². The van der Waals surface area contributed by atoms with Gasteiger partial charge in [0, 0.05) is 62.8 Å². The third kappa shape index (κ3) is 7.49. The van der Waals surface area contributed by atoms with Gasteiger partial charge in [-0.1, -0.05) is 48.5 Å². The molecule has 1 aromatic heterocycles. The van der Waals surface area contributed by atoms with E-state index in [1.54, 1.807) is 12.4 Å². The number of ether oxygens (including phenoxy) is 1. The topological polar surface area (TPSA) is 86.8 Å². The van der Waals surface area contributed by atoms with Crippen molar-refractivity contribution in [3.8, 4) is 16.9 Å². The summed E-state index contributed by atoms with van der Waals surface area (Å²) in [6.07, 6.45) is 4.10. The molecular weight excluding hydrogens is 514 g/mol. The van der Waals surface area contributed by atoms with E-state index >= 15 is 0 Å². The van der Waals surface area contributed by atoms with Crippen molar-refractivity contribution in [1.29, 1.82) is 0 Å².